The van der Waals surface area contributed by atoms with Crippen LogP contribution in [-0.2, 0) is 19.7 Å². The molecule has 2 atom stereocenters. The molecule has 0 radical (unpaired) electrons. The predicted molar refractivity (Wildman–Crippen MR) is 178 cm³/mol. The first-order valence-corrected chi connectivity index (χ1v) is 16.3. The van der Waals surface area contributed by atoms with Crippen LogP contribution in [0, 0.1) is 6.92 Å². The van der Waals surface area contributed by atoms with E-state index in [-0.39, 0.29) is 30.4 Å². The number of likely N-dealkylation sites (tertiary alicyclic amines) is 1. The van der Waals surface area contributed by atoms with Gasteiger partial charge in [0.1, 0.15) is 17.3 Å². The van der Waals surface area contributed by atoms with Crippen molar-refractivity contribution in [1.82, 2.24) is 10.2 Å². The van der Waals surface area contributed by atoms with Crippen molar-refractivity contribution in [3.05, 3.63) is 93.5 Å². The number of anilines is 1. The Labute approximate surface area is 275 Å². The monoisotopic (exact) mass is 653 g/mol. The van der Waals surface area contributed by atoms with Crippen molar-refractivity contribution in [1.29, 1.82) is 0 Å². The largest absolute Gasteiger partial charge is 0.490 e. The number of halogens is 2. The molecular weight excluding hydrogens is 613 g/mol. The molecule has 3 aliphatic heterocycles. The summed E-state index contributed by atoms with van der Waals surface area (Å²) in [5.74, 6) is 0.382. The lowest BCUT2D eigenvalue weighted by molar-refractivity contribution is -0.130. The van der Waals surface area contributed by atoms with Gasteiger partial charge in [-0.15, -0.1) is 0 Å². The van der Waals surface area contributed by atoms with Gasteiger partial charge in [0, 0.05) is 53.6 Å². The molecule has 3 aromatic rings. The van der Waals surface area contributed by atoms with Crippen molar-refractivity contribution >= 4 is 46.8 Å². The number of hydrogen-bond acceptors (Lipinski definition) is 5. The Hall–Kier alpha value is -3.75. The first-order chi connectivity index (χ1) is 21.7. The molecule has 2 saturated heterocycles. The maximum Gasteiger partial charge on any atom is 0.409 e. The summed E-state index contributed by atoms with van der Waals surface area (Å²) >= 11 is 11.7. The standard InChI is InChI=1S/C27H30ClN3O5.C6H5Cl.C2H6/c1-3-35-26(34)31-12-9-18(10-13-31)36-22-7-4-16(2)14-19(22)24-27(11-8-23(32)30-24)20-6-5-17(28)15-21(20)29-25(27)33;7-6-4-2-1-3-5-6;1-2/h4-7,14-15,18,24H,3,8-13H2,1-2H3,(H,29,33)(H,30,32);1-5H;1-2H3/t24-,27-;;/m1../s1. The smallest absolute Gasteiger partial charge is 0.409 e. The first-order valence-electron chi connectivity index (χ1n) is 15.5. The molecule has 0 saturated carbocycles. The summed E-state index contributed by atoms with van der Waals surface area (Å²) in [6.45, 7) is 9.21. The number of nitrogens with zero attached hydrogens (tertiary/aromatic N) is 1. The van der Waals surface area contributed by atoms with E-state index in [0.717, 1.165) is 21.7 Å². The summed E-state index contributed by atoms with van der Waals surface area (Å²) in [4.78, 5) is 40.0. The van der Waals surface area contributed by atoms with E-state index in [2.05, 4.69) is 10.6 Å². The van der Waals surface area contributed by atoms with Gasteiger partial charge >= 0.3 is 6.09 Å². The Morgan fingerprint density at radius 1 is 0.978 bits per heavy atom. The Morgan fingerprint density at radius 3 is 2.33 bits per heavy atom. The Kier molecular flexibility index (Phi) is 11.8. The van der Waals surface area contributed by atoms with Crippen molar-refractivity contribution in [2.75, 3.05) is 25.0 Å². The molecule has 0 aliphatic carbocycles. The van der Waals surface area contributed by atoms with Gasteiger partial charge in [0.25, 0.3) is 0 Å². The van der Waals surface area contributed by atoms with Gasteiger partial charge in [-0.25, -0.2) is 4.79 Å². The summed E-state index contributed by atoms with van der Waals surface area (Å²) in [6, 6.07) is 20.1. The fourth-order valence-electron chi connectivity index (χ4n) is 6.02. The average molecular weight is 655 g/mol. The number of benzene rings is 3. The van der Waals surface area contributed by atoms with E-state index in [4.69, 9.17) is 32.7 Å². The maximum atomic E-state index is 13.6. The first kappa shape index (κ1) is 34.1. The van der Waals surface area contributed by atoms with Crippen molar-refractivity contribution in [3.63, 3.8) is 0 Å². The number of carbonyl (C=O) groups is 3. The van der Waals surface area contributed by atoms with Crippen LogP contribution >= 0.6 is 23.2 Å². The van der Waals surface area contributed by atoms with Gasteiger partial charge in [0.2, 0.25) is 11.8 Å². The van der Waals surface area contributed by atoms with Gasteiger partial charge < -0.3 is 25.0 Å². The van der Waals surface area contributed by atoms with Crippen LogP contribution in [0.25, 0.3) is 0 Å². The molecule has 2 N–H and O–H groups in total. The normalized spacial score (nSPS) is 20.5. The summed E-state index contributed by atoms with van der Waals surface area (Å²) in [6.07, 6.45) is 1.56. The van der Waals surface area contributed by atoms with Crippen LogP contribution in [0.2, 0.25) is 10.0 Å². The number of amides is 3. The quantitative estimate of drug-likeness (QED) is 0.299. The van der Waals surface area contributed by atoms with E-state index in [1.165, 1.54) is 0 Å². The minimum atomic E-state index is -0.965. The third-order valence-electron chi connectivity index (χ3n) is 8.13. The molecule has 0 aromatic heterocycles. The van der Waals surface area contributed by atoms with Gasteiger partial charge in [-0.05, 0) is 56.2 Å². The number of hydrogen-bond donors (Lipinski definition) is 2. The summed E-state index contributed by atoms with van der Waals surface area (Å²) in [5.41, 5.74) is 2.31. The molecular formula is C35H41Cl2N3O5. The second-order valence-corrected chi connectivity index (χ2v) is 11.8. The SMILES string of the molecule is CC.CCOC(=O)N1CCC(Oc2ccc(C)cc2[C@H]2NC(=O)CC[C@]23C(=O)Nc2cc(Cl)ccc23)CC1.Clc1ccccc1. The number of aryl methyl sites for hydroxylation is 1. The van der Waals surface area contributed by atoms with E-state index >= 15 is 0 Å². The summed E-state index contributed by atoms with van der Waals surface area (Å²) < 4.78 is 11.6. The number of ether oxygens (including phenoxy) is 2. The van der Waals surface area contributed by atoms with Gasteiger partial charge in [0.15, 0.2) is 0 Å². The predicted octanol–water partition coefficient (Wildman–Crippen LogP) is 7.86. The van der Waals surface area contributed by atoms with Crippen molar-refractivity contribution in [2.45, 2.75) is 70.9 Å². The van der Waals surface area contributed by atoms with Crippen LogP contribution in [-0.4, -0.2) is 48.6 Å². The van der Waals surface area contributed by atoms with Crippen LogP contribution in [0.5, 0.6) is 5.75 Å². The van der Waals surface area contributed by atoms with Crippen LogP contribution in [0.15, 0.2) is 66.7 Å². The van der Waals surface area contributed by atoms with Gasteiger partial charge in [-0.1, -0.05) is 79.0 Å². The van der Waals surface area contributed by atoms with E-state index in [1.54, 1.807) is 24.0 Å². The molecule has 10 heteroatoms. The highest BCUT2D eigenvalue weighted by Gasteiger charge is 2.56. The minimum absolute atomic E-state index is 0.101. The number of fused-ring (bicyclic) bond motifs is 2. The zero-order valence-corrected chi connectivity index (χ0v) is 27.7. The van der Waals surface area contributed by atoms with E-state index in [0.29, 0.717) is 55.4 Å². The molecule has 0 bridgehead atoms. The second-order valence-electron chi connectivity index (χ2n) is 11.0. The number of nitrogens with one attached hydrogen (secondary N) is 2. The average Bonchev–Trinajstić information content (AvgIpc) is 3.31. The molecule has 45 heavy (non-hydrogen) atoms. The molecule has 6 rings (SSSR count). The number of rotatable bonds is 4. The third-order valence-corrected chi connectivity index (χ3v) is 8.62. The van der Waals surface area contributed by atoms with E-state index in [1.807, 2.05) is 75.4 Å². The Balaban J connectivity index is 0.000000447. The van der Waals surface area contributed by atoms with Crippen LogP contribution < -0.4 is 15.4 Å². The van der Waals surface area contributed by atoms with E-state index < -0.39 is 11.5 Å². The van der Waals surface area contributed by atoms with Crippen LogP contribution in [0.3, 0.4) is 0 Å². The topological polar surface area (TPSA) is 97.0 Å². The van der Waals surface area contributed by atoms with Crippen LogP contribution in [0.4, 0.5) is 10.5 Å². The van der Waals surface area contributed by atoms with Gasteiger partial charge in [-0.3, -0.25) is 9.59 Å². The van der Waals surface area contributed by atoms with Crippen molar-refractivity contribution in [2.24, 2.45) is 0 Å². The molecule has 3 heterocycles. The summed E-state index contributed by atoms with van der Waals surface area (Å²) in [7, 11) is 0. The molecule has 0 unspecified atom stereocenters. The highest BCUT2D eigenvalue weighted by Crippen LogP contribution is 2.52. The molecule has 240 valence electrons. The lowest BCUT2D eigenvalue weighted by Crippen LogP contribution is -2.52. The van der Waals surface area contributed by atoms with Gasteiger partial charge in [0.05, 0.1) is 12.6 Å². The minimum Gasteiger partial charge on any atom is -0.490 e. The molecule has 3 aromatic carbocycles. The molecule has 8 nitrogen and oxygen atoms in total. The zero-order chi connectivity index (χ0) is 32.6. The summed E-state index contributed by atoms with van der Waals surface area (Å²) in [5, 5.41) is 7.43. The van der Waals surface area contributed by atoms with Gasteiger partial charge in [-0.2, -0.15) is 0 Å². The number of piperidine rings is 2. The highest BCUT2D eigenvalue weighted by atomic mass is 35.5. The highest BCUT2D eigenvalue weighted by molar-refractivity contribution is 6.31. The Morgan fingerprint density at radius 2 is 1.69 bits per heavy atom. The third kappa shape index (κ3) is 7.74. The molecule has 3 aliphatic rings. The lowest BCUT2D eigenvalue weighted by Gasteiger charge is -2.41. The van der Waals surface area contributed by atoms with E-state index in [9.17, 15) is 14.4 Å². The fraction of sp³-hybridized carbons (Fsp3) is 0.400. The molecule has 2 fully saturated rings. The lowest BCUT2D eigenvalue weighted by atomic mass is 9.67. The molecule has 1 spiro atoms. The zero-order valence-electron chi connectivity index (χ0n) is 26.2. The van der Waals surface area contributed by atoms with Crippen molar-refractivity contribution in [3.8, 4) is 5.75 Å². The Bertz CT molecular complexity index is 1490. The maximum absolute atomic E-state index is 13.6. The fourth-order valence-corrected chi connectivity index (χ4v) is 6.34. The molecule has 3 amide bonds. The van der Waals surface area contributed by atoms with Crippen molar-refractivity contribution < 1.29 is 23.9 Å². The van der Waals surface area contributed by atoms with Crippen LogP contribution in [0.1, 0.15) is 69.2 Å². The number of carbonyl (C=O) groups excluding carboxylic acids is 3. The second kappa shape index (κ2) is 15.5.